The Bertz CT molecular complexity index is 230. The van der Waals surface area contributed by atoms with Gasteiger partial charge in [0, 0.05) is 12.1 Å². The normalized spacial score (nSPS) is 12.3. The summed E-state index contributed by atoms with van der Waals surface area (Å²) in [5.74, 6) is -1.42. The quantitative estimate of drug-likeness (QED) is 0.405. The van der Waals surface area contributed by atoms with Crippen molar-refractivity contribution in [3.8, 4) is 0 Å². The summed E-state index contributed by atoms with van der Waals surface area (Å²) in [7, 11) is 0. The van der Waals surface area contributed by atoms with E-state index in [-0.39, 0.29) is 12.1 Å². The number of amides is 1. The molecule has 96 valence electrons. The standard InChI is InChI=1S/C8H15F2NO4S/c1-5(2)11(6(3)4)7(12)8(9,10)16-15-14-13/h5-6,13H,1-4H3/p-1. The van der Waals surface area contributed by atoms with Crippen molar-refractivity contribution in [1.82, 2.24) is 4.90 Å². The number of carbonyl (C=O) groups excluding carboxylic acids is 1. The lowest BCUT2D eigenvalue weighted by Gasteiger charge is -2.32. The van der Waals surface area contributed by atoms with Gasteiger partial charge in [0.25, 0.3) is 0 Å². The van der Waals surface area contributed by atoms with Gasteiger partial charge >= 0.3 is 11.2 Å². The fraction of sp³-hybridized carbons (Fsp3) is 0.875. The van der Waals surface area contributed by atoms with Crippen molar-refractivity contribution in [2.45, 2.75) is 45.0 Å². The first-order valence-electron chi connectivity index (χ1n) is 4.59. The number of rotatable bonds is 6. The molecule has 0 radical (unpaired) electrons. The minimum absolute atomic E-state index is 0.382. The summed E-state index contributed by atoms with van der Waals surface area (Å²) in [5.41, 5.74) is 0. The molecule has 0 saturated carbocycles. The number of alkyl halides is 2. The van der Waals surface area contributed by atoms with Crippen molar-refractivity contribution in [2.75, 3.05) is 0 Å². The number of halogens is 2. The van der Waals surface area contributed by atoms with Crippen LogP contribution in [0.15, 0.2) is 0 Å². The molecule has 0 unspecified atom stereocenters. The van der Waals surface area contributed by atoms with Gasteiger partial charge < -0.3 is 10.2 Å². The van der Waals surface area contributed by atoms with Crippen LogP contribution in [-0.2, 0) is 14.2 Å². The molecular weight excluding hydrogens is 244 g/mol. The van der Waals surface area contributed by atoms with Crippen LogP contribution in [0.3, 0.4) is 0 Å². The van der Waals surface area contributed by atoms with Gasteiger partial charge in [-0.15, -0.1) is 0 Å². The van der Waals surface area contributed by atoms with Crippen molar-refractivity contribution < 1.29 is 28.2 Å². The minimum atomic E-state index is -3.85. The summed E-state index contributed by atoms with van der Waals surface area (Å²) < 4.78 is 29.9. The zero-order valence-corrected chi connectivity index (χ0v) is 10.2. The minimum Gasteiger partial charge on any atom is -0.691 e. The summed E-state index contributed by atoms with van der Waals surface area (Å²) in [4.78, 5) is 12.5. The molecular formula is C8H14F2NO4S-. The molecule has 1 amide bonds. The van der Waals surface area contributed by atoms with Gasteiger partial charge in [0.05, 0.1) is 0 Å². The molecule has 0 aliphatic rings. The second-order valence-corrected chi connectivity index (χ2v) is 4.45. The zero-order chi connectivity index (χ0) is 12.9. The monoisotopic (exact) mass is 258 g/mol. The van der Waals surface area contributed by atoms with E-state index in [2.05, 4.69) is 9.37 Å². The second kappa shape index (κ2) is 6.33. The van der Waals surface area contributed by atoms with Gasteiger partial charge in [-0.25, -0.2) is 0 Å². The maximum absolute atomic E-state index is 13.2. The highest BCUT2D eigenvalue weighted by Crippen LogP contribution is 2.33. The van der Waals surface area contributed by atoms with E-state index in [1.165, 1.54) is 0 Å². The largest absolute Gasteiger partial charge is 0.691 e. The Morgan fingerprint density at radius 2 is 1.75 bits per heavy atom. The van der Waals surface area contributed by atoms with Gasteiger partial charge in [-0.05, 0) is 27.7 Å². The van der Waals surface area contributed by atoms with Crippen molar-refractivity contribution in [3.05, 3.63) is 0 Å². The van der Waals surface area contributed by atoms with Gasteiger partial charge in [-0.1, -0.05) is 0 Å². The van der Waals surface area contributed by atoms with E-state index in [0.717, 1.165) is 4.90 Å². The molecule has 0 heterocycles. The maximum Gasteiger partial charge on any atom is 0.397 e. The third kappa shape index (κ3) is 4.20. The fourth-order valence-corrected chi connectivity index (χ4v) is 1.60. The molecule has 0 aliphatic heterocycles. The van der Waals surface area contributed by atoms with Crippen LogP contribution in [0.25, 0.3) is 0 Å². The maximum atomic E-state index is 13.2. The van der Waals surface area contributed by atoms with Gasteiger partial charge in [0.1, 0.15) is 12.0 Å². The van der Waals surface area contributed by atoms with E-state index in [1.807, 2.05) is 0 Å². The van der Waals surface area contributed by atoms with E-state index in [0.29, 0.717) is 0 Å². The molecule has 0 aromatic carbocycles. The summed E-state index contributed by atoms with van der Waals surface area (Å²) in [6.07, 6.45) is 0. The summed E-state index contributed by atoms with van der Waals surface area (Å²) in [6, 6.07) is -0.765. The molecule has 16 heavy (non-hydrogen) atoms. The molecule has 0 saturated heterocycles. The van der Waals surface area contributed by atoms with Crippen LogP contribution in [0.5, 0.6) is 0 Å². The van der Waals surface area contributed by atoms with Crippen molar-refractivity contribution in [3.63, 3.8) is 0 Å². The molecule has 0 spiro atoms. The Labute approximate surface area is 96.8 Å². The first-order valence-corrected chi connectivity index (χ1v) is 5.33. The van der Waals surface area contributed by atoms with Crippen LogP contribution in [0.4, 0.5) is 8.78 Å². The highest BCUT2D eigenvalue weighted by Gasteiger charge is 2.46. The van der Waals surface area contributed by atoms with Crippen molar-refractivity contribution in [2.24, 2.45) is 0 Å². The Balaban J connectivity index is 4.72. The number of hydrogen-bond acceptors (Lipinski definition) is 5. The molecule has 0 fully saturated rings. The van der Waals surface area contributed by atoms with Gasteiger partial charge in [-0.2, -0.15) is 13.1 Å². The van der Waals surface area contributed by atoms with Crippen LogP contribution in [0.2, 0.25) is 0 Å². The summed E-state index contributed by atoms with van der Waals surface area (Å²) in [5, 5.41) is 8.38. The Morgan fingerprint density at radius 1 is 1.31 bits per heavy atom. The molecule has 0 aliphatic carbocycles. The topological polar surface area (TPSA) is 61.8 Å². The molecule has 8 heteroatoms. The highest BCUT2D eigenvalue weighted by molar-refractivity contribution is 7.96. The van der Waals surface area contributed by atoms with E-state index >= 15 is 0 Å². The SMILES string of the molecule is CC(C)N(C(=O)C(F)(F)SOO[O-])C(C)C. The molecule has 0 aromatic rings. The van der Waals surface area contributed by atoms with Crippen LogP contribution >= 0.6 is 12.0 Å². The third-order valence-corrected chi connectivity index (χ3v) is 2.27. The molecule has 5 nitrogen and oxygen atoms in total. The average Bonchev–Trinajstić information content (AvgIpc) is 2.13. The first kappa shape index (κ1) is 15.6. The van der Waals surface area contributed by atoms with Crippen LogP contribution in [0, 0.1) is 0 Å². The Hall–Kier alpha value is -0.440. The zero-order valence-electron chi connectivity index (χ0n) is 9.40. The van der Waals surface area contributed by atoms with Crippen LogP contribution in [-0.4, -0.2) is 28.1 Å². The summed E-state index contributed by atoms with van der Waals surface area (Å²) in [6.45, 7) is 6.46. The lowest BCUT2D eigenvalue weighted by Crippen LogP contribution is -2.49. The average molecular weight is 258 g/mol. The first-order chi connectivity index (χ1) is 7.24. The Kier molecular flexibility index (Phi) is 6.16. The van der Waals surface area contributed by atoms with Gasteiger partial charge in [-0.3, -0.25) is 9.83 Å². The predicted octanol–water partition coefficient (Wildman–Crippen LogP) is 1.10. The highest BCUT2D eigenvalue weighted by atomic mass is 32.2. The summed E-state index contributed by atoms with van der Waals surface area (Å²) >= 11 is -0.609. The second-order valence-electron chi connectivity index (χ2n) is 3.64. The van der Waals surface area contributed by atoms with E-state index in [4.69, 9.17) is 0 Å². The molecule has 0 atom stereocenters. The van der Waals surface area contributed by atoms with Gasteiger partial charge in [0.2, 0.25) is 0 Å². The van der Waals surface area contributed by atoms with Crippen LogP contribution in [0.1, 0.15) is 27.7 Å². The molecule has 0 rings (SSSR count). The van der Waals surface area contributed by atoms with E-state index in [1.54, 1.807) is 27.7 Å². The van der Waals surface area contributed by atoms with Crippen molar-refractivity contribution in [1.29, 1.82) is 0 Å². The van der Waals surface area contributed by atoms with Crippen LogP contribution < -0.4 is 5.26 Å². The van der Waals surface area contributed by atoms with E-state index in [9.17, 15) is 18.8 Å². The lowest BCUT2D eigenvalue weighted by atomic mass is 10.2. The number of hydrogen-bond donors (Lipinski definition) is 0. The smallest absolute Gasteiger partial charge is 0.397 e. The van der Waals surface area contributed by atoms with Gasteiger partial charge in [0.15, 0.2) is 0 Å². The fourth-order valence-electron chi connectivity index (χ4n) is 1.31. The lowest BCUT2D eigenvalue weighted by molar-refractivity contribution is -0.777. The number of carbonyl (C=O) groups is 1. The third-order valence-electron chi connectivity index (χ3n) is 1.76. The molecule has 0 N–H and O–H groups in total. The molecule has 0 bridgehead atoms. The Morgan fingerprint density at radius 3 is 2.06 bits per heavy atom. The number of nitrogens with zero attached hydrogens (tertiary/aromatic N) is 1. The van der Waals surface area contributed by atoms with E-state index < -0.39 is 23.2 Å². The molecule has 0 aromatic heterocycles. The van der Waals surface area contributed by atoms with Crippen molar-refractivity contribution >= 4 is 17.9 Å². The predicted molar refractivity (Wildman–Crippen MR) is 51.8 cm³/mol.